The van der Waals surface area contributed by atoms with E-state index in [2.05, 4.69) is 52.3 Å². The van der Waals surface area contributed by atoms with Crippen molar-refractivity contribution in [2.24, 2.45) is 0 Å². The van der Waals surface area contributed by atoms with Crippen LogP contribution in [0.25, 0.3) is 10.9 Å². The highest BCUT2D eigenvalue weighted by atomic mass is 16.5. The van der Waals surface area contributed by atoms with E-state index in [4.69, 9.17) is 4.74 Å². The number of H-pyrrole nitrogens is 1. The second kappa shape index (κ2) is 10.1. The third-order valence-electron chi connectivity index (χ3n) is 9.53. The van der Waals surface area contributed by atoms with Crippen molar-refractivity contribution in [3.8, 4) is 5.75 Å². The number of methoxy groups -OCH3 is 1. The number of hydrogen-bond donors (Lipinski definition) is 1. The molecule has 4 heterocycles. The largest absolute Gasteiger partial charge is 0.496 e. The van der Waals surface area contributed by atoms with Gasteiger partial charge in [-0.15, -0.1) is 0 Å². The number of carbonyl (C=O) groups excluding carboxylic acids is 2. The highest BCUT2D eigenvalue weighted by Gasteiger charge is 2.57. The Hall–Kier alpha value is -4.10. The molecule has 0 saturated carbocycles. The highest BCUT2D eigenvalue weighted by Crippen LogP contribution is 2.49. The first-order valence-electron chi connectivity index (χ1n) is 14.6. The normalized spacial score (nSPS) is 23.5. The summed E-state index contributed by atoms with van der Waals surface area (Å²) in [5.41, 5.74) is 4.12. The zero-order valence-corrected chi connectivity index (χ0v) is 23.7. The predicted molar refractivity (Wildman–Crippen MR) is 159 cm³/mol. The predicted octanol–water partition coefficient (Wildman–Crippen LogP) is 4.87. The first-order chi connectivity index (χ1) is 20.0. The maximum absolute atomic E-state index is 14.6. The Morgan fingerprint density at radius 3 is 2.41 bits per heavy atom. The standard InChI is InChI=1S/C34H36N4O3/c1-34-32-31(26-13-6-8-14-28(26)35-32)27(25-12-7-9-15-29(25)41-2)21-38(34)30(39)22-37(33(34)40)24-16-18-36(19-17-24)20-23-10-4-3-5-11-23/h3-15,24,27,35H,16-22H2,1-2H3/t27-,34+/m1/s1. The van der Waals surface area contributed by atoms with Gasteiger partial charge in [-0.3, -0.25) is 14.5 Å². The lowest BCUT2D eigenvalue weighted by Gasteiger charge is -2.53. The summed E-state index contributed by atoms with van der Waals surface area (Å²) in [5, 5.41) is 1.09. The summed E-state index contributed by atoms with van der Waals surface area (Å²) in [4.78, 5) is 38.3. The molecule has 0 unspecified atom stereocenters. The number of piperidine rings is 1. The molecule has 7 nitrogen and oxygen atoms in total. The summed E-state index contributed by atoms with van der Waals surface area (Å²) < 4.78 is 5.76. The Kier molecular flexibility index (Phi) is 6.35. The Morgan fingerprint density at radius 1 is 0.927 bits per heavy atom. The number of carbonyl (C=O) groups is 2. The van der Waals surface area contributed by atoms with Gasteiger partial charge in [-0.1, -0.05) is 66.7 Å². The minimum absolute atomic E-state index is 0.00280. The van der Waals surface area contributed by atoms with Gasteiger partial charge in [0.15, 0.2) is 5.54 Å². The zero-order chi connectivity index (χ0) is 28.1. The van der Waals surface area contributed by atoms with Crippen molar-refractivity contribution < 1.29 is 14.3 Å². The third kappa shape index (κ3) is 4.13. The molecule has 2 fully saturated rings. The average Bonchev–Trinajstić information content (AvgIpc) is 3.41. The summed E-state index contributed by atoms with van der Waals surface area (Å²) in [7, 11) is 1.68. The first-order valence-corrected chi connectivity index (χ1v) is 14.6. The van der Waals surface area contributed by atoms with E-state index in [1.54, 1.807) is 7.11 Å². The number of aromatic amines is 1. The quantitative estimate of drug-likeness (QED) is 0.386. The fourth-order valence-corrected chi connectivity index (χ4v) is 7.39. The van der Waals surface area contributed by atoms with E-state index in [-0.39, 0.29) is 30.3 Å². The topological polar surface area (TPSA) is 68.9 Å². The first kappa shape index (κ1) is 25.8. The number of para-hydroxylation sites is 2. The molecule has 2 amide bonds. The maximum Gasteiger partial charge on any atom is 0.255 e. The van der Waals surface area contributed by atoms with Crippen molar-refractivity contribution in [2.75, 3.05) is 33.3 Å². The van der Waals surface area contributed by atoms with Gasteiger partial charge in [0.05, 0.1) is 12.8 Å². The number of nitrogens with zero attached hydrogens (tertiary/aromatic N) is 3. The van der Waals surface area contributed by atoms with E-state index in [0.717, 1.165) is 65.9 Å². The summed E-state index contributed by atoms with van der Waals surface area (Å²) in [5.74, 6) is 0.694. The summed E-state index contributed by atoms with van der Waals surface area (Å²) in [6.45, 7) is 5.23. The fourth-order valence-electron chi connectivity index (χ4n) is 7.39. The van der Waals surface area contributed by atoms with Crippen LogP contribution in [-0.4, -0.2) is 70.8 Å². The van der Waals surface area contributed by atoms with E-state index in [0.29, 0.717) is 6.54 Å². The molecule has 1 aromatic heterocycles. The van der Waals surface area contributed by atoms with Crippen LogP contribution in [-0.2, 0) is 21.7 Å². The van der Waals surface area contributed by atoms with Crippen LogP contribution >= 0.6 is 0 Å². The molecule has 7 heteroatoms. The minimum Gasteiger partial charge on any atom is -0.496 e. The number of rotatable bonds is 5. The molecule has 0 spiro atoms. The number of benzene rings is 3. The Balaban J connectivity index is 1.23. The van der Waals surface area contributed by atoms with Gasteiger partial charge in [0.1, 0.15) is 12.3 Å². The van der Waals surface area contributed by atoms with Crippen LogP contribution in [0.4, 0.5) is 0 Å². The van der Waals surface area contributed by atoms with Gasteiger partial charge in [0.2, 0.25) is 5.91 Å². The van der Waals surface area contributed by atoms with Gasteiger partial charge < -0.3 is 19.5 Å². The summed E-state index contributed by atoms with van der Waals surface area (Å²) in [6.07, 6.45) is 1.73. The number of hydrogen-bond acceptors (Lipinski definition) is 4. The number of nitrogens with one attached hydrogen (secondary N) is 1. The molecule has 3 aliphatic heterocycles. The molecule has 3 aromatic carbocycles. The zero-order valence-electron chi connectivity index (χ0n) is 23.7. The lowest BCUT2D eigenvalue weighted by atomic mass is 9.75. The van der Waals surface area contributed by atoms with Gasteiger partial charge in [0.25, 0.3) is 5.91 Å². The van der Waals surface area contributed by atoms with E-state index in [1.807, 2.05) is 53.1 Å². The number of piperazine rings is 1. The Morgan fingerprint density at radius 2 is 1.63 bits per heavy atom. The molecule has 4 aromatic rings. The van der Waals surface area contributed by atoms with Crippen LogP contribution in [0.3, 0.4) is 0 Å². The molecule has 0 bridgehead atoms. The van der Waals surface area contributed by atoms with Crippen LogP contribution in [0.2, 0.25) is 0 Å². The smallest absolute Gasteiger partial charge is 0.255 e. The van der Waals surface area contributed by atoms with Crippen LogP contribution < -0.4 is 4.74 Å². The molecule has 2 saturated heterocycles. The lowest BCUT2D eigenvalue weighted by Crippen LogP contribution is -2.69. The molecule has 0 aliphatic carbocycles. The molecular formula is C34H36N4O3. The minimum atomic E-state index is -1.09. The molecular weight excluding hydrogens is 512 g/mol. The number of fused-ring (bicyclic) bond motifs is 5. The Labute approximate surface area is 240 Å². The molecule has 7 rings (SSSR count). The monoisotopic (exact) mass is 548 g/mol. The fraction of sp³-hybridized carbons (Fsp3) is 0.353. The number of aromatic nitrogens is 1. The van der Waals surface area contributed by atoms with E-state index in [9.17, 15) is 9.59 Å². The van der Waals surface area contributed by atoms with Crippen LogP contribution in [0.15, 0.2) is 78.9 Å². The molecule has 3 aliphatic rings. The second-order valence-electron chi connectivity index (χ2n) is 11.8. The number of amides is 2. The van der Waals surface area contributed by atoms with Gasteiger partial charge >= 0.3 is 0 Å². The van der Waals surface area contributed by atoms with Crippen LogP contribution in [0.1, 0.15) is 48.1 Å². The maximum atomic E-state index is 14.6. The van der Waals surface area contributed by atoms with Gasteiger partial charge in [-0.05, 0) is 43.0 Å². The molecule has 1 N–H and O–H groups in total. The van der Waals surface area contributed by atoms with Crippen LogP contribution in [0, 0.1) is 0 Å². The van der Waals surface area contributed by atoms with E-state index in [1.165, 1.54) is 5.56 Å². The molecule has 41 heavy (non-hydrogen) atoms. The van der Waals surface area contributed by atoms with Crippen LogP contribution in [0.5, 0.6) is 5.75 Å². The highest BCUT2D eigenvalue weighted by molar-refractivity contribution is 6.01. The average molecular weight is 549 g/mol. The van der Waals surface area contributed by atoms with Crippen molar-refractivity contribution in [1.82, 2.24) is 19.7 Å². The lowest BCUT2D eigenvalue weighted by molar-refractivity contribution is -0.169. The summed E-state index contributed by atoms with van der Waals surface area (Å²) in [6, 6.07) is 26.8. The summed E-state index contributed by atoms with van der Waals surface area (Å²) >= 11 is 0. The van der Waals surface area contributed by atoms with Crippen molar-refractivity contribution in [3.63, 3.8) is 0 Å². The Bertz CT molecular complexity index is 1610. The van der Waals surface area contributed by atoms with Gasteiger partial charge in [-0.2, -0.15) is 0 Å². The van der Waals surface area contributed by atoms with E-state index < -0.39 is 5.54 Å². The van der Waals surface area contributed by atoms with Gasteiger partial charge in [-0.25, -0.2) is 0 Å². The van der Waals surface area contributed by atoms with Crippen molar-refractivity contribution >= 4 is 22.7 Å². The van der Waals surface area contributed by atoms with Gasteiger partial charge in [0, 0.05) is 54.6 Å². The second-order valence-corrected chi connectivity index (χ2v) is 11.8. The SMILES string of the molecule is COc1ccccc1[C@H]1CN2C(=O)CN(C3CCN(Cc4ccccc4)CC3)C(=O)[C@]2(C)c2[nH]c3ccccc3c21. The van der Waals surface area contributed by atoms with E-state index >= 15 is 0 Å². The third-order valence-corrected chi connectivity index (χ3v) is 9.53. The molecule has 2 atom stereocenters. The number of likely N-dealkylation sites (tertiary alicyclic amines) is 1. The number of ether oxygens (including phenoxy) is 1. The van der Waals surface area contributed by atoms with Crippen molar-refractivity contribution in [1.29, 1.82) is 0 Å². The molecule has 0 radical (unpaired) electrons. The van der Waals surface area contributed by atoms with Crippen molar-refractivity contribution in [2.45, 2.75) is 43.8 Å². The molecule has 210 valence electrons. The van der Waals surface area contributed by atoms with Crippen molar-refractivity contribution in [3.05, 3.63) is 101 Å².